The number of piperidine rings is 1. The Bertz CT molecular complexity index is 678. The van der Waals surface area contributed by atoms with Gasteiger partial charge < -0.3 is 9.64 Å². The lowest BCUT2D eigenvalue weighted by Crippen LogP contribution is -2.44. The molecule has 4 nitrogen and oxygen atoms in total. The molecule has 0 spiro atoms. The van der Waals surface area contributed by atoms with Crippen LogP contribution in [0.15, 0.2) is 53.7 Å². The van der Waals surface area contributed by atoms with Crippen LogP contribution in [-0.4, -0.2) is 40.7 Å². The predicted molar refractivity (Wildman–Crippen MR) is 96.6 cm³/mol. The van der Waals surface area contributed by atoms with E-state index in [1.54, 1.807) is 24.2 Å². The van der Waals surface area contributed by atoms with Crippen molar-refractivity contribution in [3.8, 4) is 5.75 Å². The van der Waals surface area contributed by atoms with Gasteiger partial charge in [0.05, 0.1) is 12.1 Å². The molecule has 24 heavy (non-hydrogen) atoms. The Morgan fingerprint density at radius 3 is 2.88 bits per heavy atom. The van der Waals surface area contributed by atoms with Gasteiger partial charge in [-0.15, -0.1) is 11.8 Å². The number of rotatable bonds is 5. The molecule has 2 heterocycles. The monoisotopic (exact) mass is 342 g/mol. The minimum Gasteiger partial charge on any atom is -0.488 e. The second-order valence-corrected chi connectivity index (χ2v) is 7.05. The van der Waals surface area contributed by atoms with Gasteiger partial charge in [0.15, 0.2) is 0 Å². The SMILES string of the molecule is CCSc1ccccc1C(=O)N1CCCC(Oc2ccncc2)C1. The second-order valence-electron chi connectivity index (χ2n) is 5.75. The molecule has 2 aromatic rings. The molecular weight excluding hydrogens is 320 g/mol. The molecule has 1 atom stereocenters. The fourth-order valence-electron chi connectivity index (χ4n) is 2.92. The first kappa shape index (κ1) is 16.8. The molecule has 1 aromatic carbocycles. The normalized spacial score (nSPS) is 17.5. The summed E-state index contributed by atoms with van der Waals surface area (Å²) in [5.74, 6) is 1.87. The number of carbonyl (C=O) groups excluding carboxylic acids is 1. The predicted octanol–water partition coefficient (Wildman–Crippen LogP) is 3.88. The van der Waals surface area contributed by atoms with Crippen LogP contribution in [0.4, 0.5) is 0 Å². The Morgan fingerprint density at radius 1 is 1.29 bits per heavy atom. The number of thioether (sulfide) groups is 1. The third-order valence-electron chi connectivity index (χ3n) is 4.04. The van der Waals surface area contributed by atoms with Gasteiger partial charge in [0.1, 0.15) is 11.9 Å². The number of benzene rings is 1. The van der Waals surface area contributed by atoms with Gasteiger partial charge in [0, 0.05) is 23.8 Å². The van der Waals surface area contributed by atoms with Crippen LogP contribution >= 0.6 is 11.8 Å². The van der Waals surface area contributed by atoms with Gasteiger partial charge in [0.2, 0.25) is 0 Å². The lowest BCUT2D eigenvalue weighted by Gasteiger charge is -2.33. The van der Waals surface area contributed by atoms with Gasteiger partial charge in [-0.05, 0) is 42.9 Å². The van der Waals surface area contributed by atoms with Gasteiger partial charge in [0.25, 0.3) is 5.91 Å². The summed E-state index contributed by atoms with van der Waals surface area (Å²) in [4.78, 5) is 19.9. The molecule has 1 aliphatic rings. The molecule has 126 valence electrons. The summed E-state index contributed by atoms with van der Waals surface area (Å²) in [5, 5.41) is 0. The fraction of sp³-hybridized carbons (Fsp3) is 0.368. The smallest absolute Gasteiger partial charge is 0.255 e. The largest absolute Gasteiger partial charge is 0.488 e. The lowest BCUT2D eigenvalue weighted by atomic mass is 10.1. The molecule has 3 rings (SSSR count). The van der Waals surface area contributed by atoms with Crippen molar-refractivity contribution >= 4 is 17.7 Å². The first-order chi connectivity index (χ1) is 11.8. The minimum atomic E-state index is 0.0380. The Morgan fingerprint density at radius 2 is 2.08 bits per heavy atom. The number of likely N-dealkylation sites (tertiary alicyclic amines) is 1. The summed E-state index contributed by atoms with van der Waals surface area (Å²) < 4.78 is 6.01. The quantitative estimate of drug-likeness (QED) is 0.774. The molecule has 0 N–H and O–H groups in total. The van der Waals surface area contributed by atoms with E-state index in [1.807, 2.05) is 41.3 Å². The maximum absolute atomic E-state index is 12.9. The Hall–Kier alpha value is -2.01. The molecule has 0 bridgehead atoms. The average Bonchev–Trinajstić information content (AvgIpc) is 2.63. The topological polar surface area (TPSA) is 42.4 Å². The Kier molecular flexibility index (Phi) is 5.75. The number of aromatic nitrogens is 1. The average molecular weight is 342 g/mol. The van der Waals surface area contributed by atoms with Gasteiger partial charge in [-0.25, -0.2) is 0 Å². The van der Waals surface area contributed by atoms with Crippen molar-refractivity contribution in [2.75, 3.05) is 18.8 Å². The molecule has 0 aliphatic carbocycles. The molecule has 1 aliphatic heterocycles. The van der Waals surface area contributed by atoms with Crippen LogP contribution in [0.2, 0.25) is 0 Å². The van der Waals surface area contributed by atoms with Crippen molar-refractivity contribution in [2.24, 2.45) is 0 Å². The van der Waals surface area contributed by atoms with Crippen LogP contribution in [-0.2, 0) is 0 Å². The second kappa shape index (κ2) is 8.20. The highest BCUT2D eigenvalue weighted by molar-refractivity contribution is 7.99. The van der Waals surface area contributed by atoms with Crippen molar-refractivity contribution in [3.63, 3.8) is 0 Å². The standard InChI is InChI=1S/C19H22N2O2S/c1-2-24-18-8-4-3-7-17(18)19(22)21-13-5-6-16(14-21)23-15-9-11-20-12-10-15/h3-4,7-12,16H,2,5-6,13-14H2,1H3. The summed E-state index contributed by atoms with van der Waals surface area (Å²) in [6, 6.07) is 11.6. The summed E-state index contributed by atoms with van der Waals surface area (Å²) >= 11 is 1.71. The lowest BCUT2D eigenvalue weighted by molar-refractivity contribution is 0.0534. The molecule has 1 unspecified atom stereocenters. The molecule has 5 heteroatoms. The molecule has 1 fully saturated rings. The van der Waals surface area contributed by atoms with E-state index in [2.05, 4.69) is 11.9 Å². The van der Waals surface area contributed by atoms with Crippen LogP contribution in [0.1, 0.15) is 30.1 Å². The van der Waals surface area contributed by atoms with Crippen molar-refractivity contribution in [3.05, 3.63) is 54.4 Å². The number of ether oxygens (including phenoxy) is 1. The van der Waals surface area contributed by atoms with E-state index in [0.717, 1.165) is 41.3 Å². The van der Waals surface area contributed by atoms with Crippen molar-refractivity contribution in [2.45, 2.75) is 30.8 Å². The number of carbonyl (C=O) groups is 1. The van der Waals surface area contributed by atoms with Crippen molar-refractivity contribution in [1.82, 2.24) is 9.88 Å². The summed E-state index contributed by atoms with van der Waals surface area (Å²) in [6.45, 7) is 3.53. The number of hydrogen-bond acceptors (Lipinski definition) is 4. The first-order valence-corrected chi connectivity index (χ1v) is 9.34. The number of nitrogens with zero attached hydrogens (tertiary/aromatic N) is 2. The summed E-state index contributed by atoms with van der Waals surface area (Å²) in [6.07, 6.45) is 5.41. The van der Waals surface area contributed by atoms with Gasteiger partial charge >= 0.3 is 0 Å². The van der Waals surface area contributed by atoms with E-state index in [0.29, 0.717) is 6.54 Å². The molecule has 0 saturated carbocycles. The summed E-state index contributed by atoms with van der Waals surface area (Å²) in [5.41, 5.74) is 0.800. The number of hydrogen-bond donors (Lipinski definition) is 0. The third kappa shape index (κ3) is 4.09. The maximum Gasteiger partial charge on any atom is 0.255 e. The molecule has 1 aromatic heterocycles. The van der Waals surface area contributed by atoms with Crippen LogP contribution in [0.3, 0.4) is 0 Å². The highest BCUT2D eigenvalue weighted by atomic mass is 32.2. The Labute approximate surface area is 147 Å². The van der Waals surface area contributed by atoms with Crippen molar-refractivity contribution < 1.29 is 9.53 Å². The molecular formula is C19H22N2O2S. The van der Waals surface area contributed by atoms with Crippen molar-refractivity contribution in [1.29, 1.82) is 0 Å². The highest BCUT2D eigenvalue weighted by Gasteiger charge is 2.26. The molecule has 1 saturated heterocycles. The van der Waals surface area contributed by atoms with Gasteiger partial charge in [-0.1, -0.05) is 19.1 Å². The zero-order valence-electron chi connectivity index (χ0n) is 13.9. The highest BCUT2D eigenvalue weighted by Crippen LogP contribution is 2.25. The van der Waals surface area contributed by atoms with E-state index in [1.165, 1.54) is 0 Å². The minimum absolute atomic E-state index is 0.0380. The molecule has 1 amide bonds. The van der Waals surface area contributed by atoms with E-state index in [-0.39, 0.29) is 12.0 Å². The van der Waals surface area contributed by atoms with Gasteiger partial charge in [-0.2, -0.15) is 0 Å². The van der Waals surface area contributed by atoms with E-state index >= 15 is 0 Å². The first-order valence-electron chi connectivity index (χ1n) is 8.35. The Balaban J connectivity index is 1.69. The van der Waals surface area contributed by atoms with Crippen LogP contribution in [0, 0.1) is 0 Å². The van der Waals surface area contributed by atoms with E-state index in [4.69, 9.17) is 4.74 Å². The zero-order chi connectivity index (χ0) is 16.8. The van der Waals surface area contributed by atoms with Crippen LogP contribution < -0.4 is 4.74 Å². The van der Waals surface area contributed by atoms with Crippen LogP contribution in [0.25, 0.3) is 0 Å². The van der Waals surface area contributed by atoms with Gasteiger partial charge in [-0.3, -0.25) is 9.78 Å². The number of amides is 1. The van der Waals surface area contributed by atoms with E-state index in [9.17, 15) is 4.79 Å². The zero-order valence-corrected chi connectivity index (χ0v) is 14.7. The van der Waals surface area contributed by atoms with Crippen LogP contribution in [0.5, 0.6) is 5.75 Å². The molecule has 0 radical (unpaired) electrons. The van der Waals surface area contributed by atoms with E-state index < -0.39 is 0 Å². The summed E-state index contributed by atoms with van der Waals surface area (Å²) in [7, 11) is 0. The maximum atomic E-state index is 12.9. The third-order valence-corrected chi connectivity index (χ3v) is 4.99. The number of pyridine rings is 1. The fourth-order valence-corrected chi connectivity index (χ4v) is 3.72.